The van der Waals surface area contributed by atoms with E-state index in [1.807, 2.05) is 23.7 Å². The third kappa shape index (κ3) is 2.28. The van der Waals surface area contributed by atoms with Gasteiger partial charge in [-0.2, -0.15) is 14.9 Å². The minimum absolute atomic E-state index is 0.708. The summed E-state index contributed by atoms with van der Waals surface area (Å²) in [4.78, 5) is 0. The number of hydrogen-bond donors (Lipinski definition) is 2. The van der Waals surface area contributed by atoms with E-state index in [-0.39, 0.29) is 0 Å². The average molecular weight is 351 g/mol. The van der Waals surface area contributed by atoms with E-state index in [0.717, 1.165) is 58.4 Å². The number of aromatic nitrogens is 5. The zero-order chi connectivity index (χ0) is 17.0. The molecule has 5 rings (SSSR count). The first kappa shape index (κ1) is 14.7. The van der Waals surface area contributed by atoms with Crippen molar-refractivity contribution < 1.29 is 0 Å². The Morgan fingerprint density at radius 1 is 1.24 bits per heavy atom. The molecule has 0 atom stereocenters. The lowest BCUT2D eigenvalue weighted by Gasteiger charge is -2.14. The summed E-state index contributed by atoms with van der Waals surface area (Å²) in [5.41, 5.74) is 13.3. The second-order valence-corrected chi connectivity index (χ2v) is 7.35. The van der Waals surface area contributed by atoms with E-state index in [2.05, 4.69) is 26.5 Å². The second-order valence-electron chi connectivity index (χ2n) is 6.41. The predicted molar refractivity (Wildman–Crippen MR) is 97.9 cm³/mol. The molecule has 126 valence electrons. The lowest BCUT2D eigenvalue weighted by Crippen LogP contribution is -2.14. The molecule has 2 aliphatic rings. The third-order valence-corrected chi connectivity index (χ3v) is 5.73. The number of H-pyrrole nitrogens is 1. The van der Waals surface area contributed by atoms with Gasteiger partial charge in [0.05, 0.1) is 5.71 Å². The van der Waals surface area contributed by atoms with Gasteiger partial charge in [-0.1, -0.05) is 23.9 Å². The minimum atomic E-state index is 0.708. The molecule has 3 N–H and O–H groups in total. The van der Waals surface area contributed by atoms with Crippen LogP contribution in [0.15, 0.2) is 28.5 Å². The summed E-state index contributed by atoms with van der Waals surface area (Å²) >= 11 is 1.63. The number of nitrogens with one attached hydrogen (secondary N) is 1. The van der Waals surface area contributed by atoms with Crippen LogP contribution in [0.25, 0.3) is 11.5 Å². The summed E-state index contributed by atoms with van der Waals surface area (Å²) in [6.45, 7) is 2.00. The molecular weight excluding hydrogens is 334 g/mol. The highest BCUT2D eigenvalue weighted by molar-refractivity contribution is 7.99. The van der Waals surface area contributed by atoms with Gasteiger partial charge >= 0.3 is 0 Å². The van der Waals surface area contributed by atoms with Gasteiger partial charge in [-0.25, -0.2) is 0 Å². The number of aromatic amines is 1. The molecule has 8 heteroatoms. The molecule has 0 bridgehead atoms. The zero-order valence-electron chi connectivity index (χ0n) is 13.8. The normalized spacial score (nSPS) is 15.8. The topological polar surface area (TPSA) is 97.8 Å². The molecule has 1 aliphatic heterocycles. The number of fused-ring (bicyclic) bond motifs is 2. The quantitative estimate of drug-likeness (QED) is 0.691. The molecule has 0 saturated carbocycles. The molecule has 1 aromatic carbocycles. The van der Waals surface area contributed by atoms with Crippen molar-refractivity contribution in [2.24, 2.45) is 5.10 Å². The lowest BCUT2D eigenvalue weighted by molar-refractivity contribution is 0.758. The summed E-state index contributed by atoms with van der Waals surface area (Å²) in [6.07, 6.45) is 3.24. The lowest BCUT2D eigenvalue weighted by atomic mass is 10.1. The zero-order valence-corrected chi connectivity index (χ0v) is 14.6. The maximum Gasteiger partial charge on any atom is 0.212 e. The Morgan fingerprint density at radius 3 is 3.04 bits per heavy atom. The summed E-state index contributed by atoms with van der Waals surface area (Å²) in [6, 6.07) is 6.07. The van der Waals surface area contributed by atoms with Gasteiger partial charge in [0.2, 0.25) is 11.0 Å². The molecule has 0 fully saturated rings. The number of thioether (sulfide) groups is 1. The molecule has 0 spiro atoms. The van der Waals surface area contributed by atoms with Crippen molar-refractivity contribution in [1.29, 1.82) is 0 Å². The van der Waals surface area contributed by atoms with Gasteiger partial charge in [-0.15, -0.1) is 10.2 Å². The van der Waals surface area contributed by atoms with Gasteiger partial charge in [0.15, 0.2) is 0 Å². The summed E-state index contributed by atoms with van der Waals surface area (Å²) in [7, 11) is 0. The van der Waals surface area contributed by atoms with Crippen molar-refractivity contribution in [2.75, 3.05) is 11.5 Å². The molecule has 0 amide bonds. The van der Waals surface area contributed by atoms with Crippen molar-refractivity contribution >= 4 is 23.2 Å². The van der Waals surface area contributed by atoms with Crippen LogP contribution >= 0.6 is 11.8 Å². The molecule has 7 nitrogen and oxygen atoms in total. The van der Waals surface area contributed by atoms with E-state index in [9.17, 15) is 0 Å². The van der Waals surface area contributed by atoms with Gasteiger partial charge in [0.1, 0.15) is 5.69 Å². The predicted octanol–water partition coefficient (Wildman–Crippen LogP) is 2.41. The highest BCUT2D eigenvalue weighted by Gasteiger charge is 2.27. The van der Waals surface area contributed by atoms with Crippen molar-refractivity contribution in [2.45, 2.75) is 31.3 Å². The van der Waals surface area contributed by atoms with Crippen LogP contribution in [0, 0.1) is 6.92 Å². The Balaban J connectivity index is 1.61. The number of aryl methyl sites for hydroxylation is 2. The summed E-state index contributed by atoms with van der Waals surface area (Å²) in [5, 5.41) is 21.8. The minimum Gasteiger partial charge on any atom is -0.398 e. The fraction of sp³-hybridized carbons (Fsp3) is 0.294. The van der Waals surface area contributed by atoms with Gasteiger partial charge < -0.3 is 5.73 Å². The van der Waals surface area contributed by atoms with Crippen LogP contribution in [-0.2, 0) is 12.8 Å². The smallest absolute Gasteiger partial charge is 0.212 e. The second kappa shape index (κ2) is 5.45. The standard InChI is InChI=1S/C17H17N7S/c1-9-5-6-10(7-12(9)18)14-8-25-17-22-21-16(24(17)23-14)15-11-3-2-4-13(11)19-20-15/h5-7H,2-4,8,18H2,1H3,(H,19,20). The summed E-state index contributed by atoms with van der Waals surface area (Å²) in [5.74, 6) is 1.46. The number of hydrogen-bond acceptors (Lipinski definition) is 6. The molecule has 0 saturated heterocycles. The Kier molecular flexibility index (Phi) is 3.21. The molecule has 0 unspecified atom stereocenters. The molecular formula is C17H17N7S. The SMILES string of the molecule is Cc1ccc(C2=Nn3c(nnc3-c3n[nH]c4c3CCC4)SC2)cc1N. The maximum atomic E-state index is 6.06. The number of anilines is 1. The number of nitrogens with zero attached hydrogens (tertiary/aromatic N) is 5. The Morgan fingerprint density at radius 2 is 2.16 bits per heavy atom. The fourth-order valence-electron chi connectivity index (χ4n) is 3.34. The molecule has 3 heterocycles. The van der Waals surface area contributed by atoms with Crippen LogP contribution in [0.2, 0.25) is 0 Å². The van der Waals surface area contributed by atoms with Crippen LogP contribution in [0.4, 0.5) is 5.69 Å². The van der Waals surface area contributed by atoms with Crippen LogP contribution < -0.4 is 5.73 Å². The van der Waals surface area contributed by atoms with E-state index in [4.69, 9.17) is 10.8 Å². The highest BCUT2D eigenvalue weighted by atomic mass is 32.2. The van der Waals surface area contributed by atoms with E-state index in [1.165, 1.54) is 11.3 Å². The Bertz CT molecular complexity index is 1010. The molecule has 3 aromatic rings. The van der Waals surface area contributed by atoms with Gasteiger partial charge in [-0.05, 0) is 37.8 Å². The van der Waals surface area contributed by atoms with E-state index >= 15 is 0 Å². The van der Waals surface area contributed by atoms with Gasteiger partial charge in [0, 0.05) is 28.3 Å². The number of nitrogens with two attached hydrogens (primary N) is 1. The molecule has 0 radical (unpaired) electrons. The van der Waals surface area contributed by atoms with Crippen LogP contribution in [0.5, 0.6) is 0 Å². The number of benzene rings is 1. The third-order valence-electron chi connectivity index (χ3n) is 4.80. The monoisotopic (exact) mass is 351 g/mol. The van der Waals surface area contributed by atoms with E-state index < -0.39 is 0 Å². The van der Waals surface area contributed by atoms with Crippen molar-refractivity contribution in [1.82, 2.24) is 25.1 Å². The Hall–Kier alpha value is -2.61. The van der Waals surface area contributed by atoms with E-state index in [0.29, 0.717) is 5.82 Å². The van der Waals surface area contributed by atoms with Crippen molar-refractivity contribution in [3.8, 4) is 11.5 Å². The van der Waals surface area contributed by atoms with Crippen LogP contribution in [0.3, 0.4) is 0 Å². The fourth-order valence-corrected chi connectivity index (χ4v) is 4.18. The average Bonchev–Trinajstić information content (AvgIpc) is 3.31. The van der Waals surface area contributed by atoms with Crippen LogP contribution in [0.1, 0.15) is 28.8 Å². The van der Waals surface area contributed by atoms with Gasteiger partial charge in [-0.3, -0.25) is 5.10 Å². The van der Waals surface area contributed by atoms with Gasteiger partial charge in [0.25, 0.3) is 0 Å². The van der Waals surface area contributed by atoms with Crippen LogP contribution in [-0.4, -0.2) is 36.5 Å². The number of nitrogen functional groups attached to an aromatic ring is 1. The largest absolute Gasteiger partial charge is 0.398 e. The molecule has 25 heavy (non-hydrogen) atoms. The first-order valence-corrected chi connectivity index (χ1v) is 9.28. The first-order chi connectivity index (χ1) is 12.2. The first-order valence-electron chi connectivity index (χ1n) is 8.30. The maximum absolute atomic E-state index is 6.06. The van der Waals surface area contributed by atoms with Crippen molar-refractivity contribution in [3.05, 3.63) is 40.6 Å². The molecule has 2 aromatic heterocycles. The highest BCUT2D eigenvalue weighted by Crippen LogP contribution is 2.33. The summed E-state index contributed by atoms with van der Waals surface area (Å²) < 4.78 is 1.81. The molecule has 1 aliphatic carbocycles. The van der Waals surface area contributed by atoms with Crippen molar-refractivity contribution in [3.63, 3.8) is 0 Å². The van der Waals surface area contributed by atoms with E-state index in [1.54, 1.807) is 11.8 Å². The number of rotatable bonds is 2. The Labute approximate surface area is 148 Å².